The third-order valence-electron chi connectivity index (χ3n) is 1.98. The fourth-order valence-corrected chi connectivity index (χ4v) is 1.50. The van der Waals surface area contributed by atoms with E-state index in [1.54, 1.807) is 18.2 Å². The first-order valence-electron chi connectivity index (χ1n) is 4.32. The van der Waals surface area contributed by atoms with E-state index in [0.717, 1.165) is 5.56 Å². The molecule has 15 heavy (non-hydrogen) atoms. The average molecular weight is 238 g/mol. The fourth-order valence-electron chi connectivity index (χ4n) is 1.20. The summed E-state index contributed by atoms with van der Waals surface area (Å²) in [7, 11) is 5.41. The molecular weight excluding hydrogens is 232 g/mol. The molecule has 0 amide bonds. The van der Waals surface area contributed by atoms with Gasteiger partial charge in [0.15, 0.2) is 0 Å². The molecule has 0 unspecified atom stereocenters. The molecule has 5 heteroatoms. The summed E-state index contributed by atoms with van der Waals surface area (Å²) in [5.74, 6) is 0.635. The van der Waals surface area contributed by atoms with Crippen molar-refractivity contribution in [1.82, 2.24) is 5.16 Å². The van der Waals surface area contributed by atoms with E-state index < -0.39 is 0 Å². The van der Waals surface area contributed by atoms with Crippen molar-refractivity contribution in [3.8, 4) is 11.3 Å². The molecule has 0 aliphatic carbocycles. The van der Waals surface area contributed by atoms with Gasteiger partial charge >= 0.3 is 0 Å². The van der Waals surface area contributed by atoms with Crippen molar-refractivity contribution in [3.05, 3.63) is 40.1 Å². The van der Waals surface area contributed by atoms with Crippen LogP contribution in [0.2, 0.25) is 10.0 Å². The predicted octanol–water partition coefficient (Wildman–Crippen LogP) is 3.32. The number of benzene rings is 1. The summed E-state index contributed by atoms with van der Waals surface area (Å²) in [6, 6.07) is 7.06. The van der Waals surface area contributed by atoms with Gasteiger partial charge in [-0.3, -0.25) is 0 Å². The number of nitrogens with zero attached hydrogens (tertiary/aromatic N) is 1. The van der Waals surface area contributed by atoms with Crippen LogP contribution >= 0.6 is 23.2 Å². The van der Waals surface area contributed by atoms with E-state index in [9.17, 15) is 0 Å². The number of halogens is 2. The van der Waals surface area contributed by atoms with Crippen LogP contribution in [0.15, 0.2) is 28.8 Å². The minimum Gasteiger partial charge on any atom is -0.362 e. The van der Waals surface area contributed by atoms with Crippen molar-refractivity contribution in [2.75, 3.05) is 0 Å². The van der Waals surface area contributed by atoms with Crippen LogP contribution in [0.3, 0.4) is 0 Å². The predicted molar refractivity (Wildman–Crippen MR) is 61.4 cm³/mol. The second-order valence-corrected chi connectivity index (χ2v) is 3.83. The molecule has 1 aromatic heterocycles. The monoisotopic (exact) mass is 237 g/mol. The Morgan fingerprint density at radius 3 is 2.60 bits per heavy atom. The molecule has 0 bridgehead atoms. The van der Waals surface area contributed by atoms with Crippen molar-refractivity contribution >= 4 is 31.0 Å². The average Bonchev–Trinajstić information content (AvgIpc) is 2.70. The fraction of sp³-hybridized carbons (Fsp3) is 0.100. The van der Waals surface area contributed by atoms with E-state index in [1.165, 1.54) is 0 Å². The highest BCUT2D eigenvalue weighted by Crippen LogP contribution is 2.28. The number of hydrogen-bond acceptors (Lipinski definition) is 2. The molecule has 0 spiro atoms. The number of aromatic nitrogens is 1. The highest BCUT2D eigenvalue weighted by atomic mass is 35.5. The Morgan fingerprint density at radius 1 is 1.20 bits per heavy atom. The summed E-state index contributed by atoms with van der Waals surface area (Å²) in [6.07, 6.45) is 0.328. The van der Waals surface area contributed by atoms with Gasteiger partial charge in [0.1, 0.15) is 11.5 Å². The molecule has 2 rings (SSSR count). The lowest BCUT2D eigenvalue weighted by atomic mass is 10.0. The van der Waals surface area contributed by atoms with Crippen molar-refractivity contribution in [3.63, 3.8) is 0 Å². The van der Waals surface area contributed by atoms with Gasteiger partial charge in [-0.2, -0.15) is 0 Å². The van der Waals surface area contributed by atoms with Crippen molar-refractivity contribution in [2.24, 2.45) is 0 Å². The van der Waals surface area contributed by atoms with E-state index >= 15 is 0 Å². The zero-order valence-corrected chi connectivity index (χ0v) is 9.22. The third-order valence-corrected chi connectivity index (χ3v) is 2.71. The molecule has 0 saturated carbocycles. The van der Waals surface area contributed by atoms with Gasteiger partial charge in [-0.15, -0.1) is 0 Å². The first-order valence-corrected chi connectivity index (χ1v) is 5.07. The summed E-state index contributed by atoms with van der Waals surface area (Å²) in [5, 5.41) is 4.88. The van der Waals surface area contributed by atoms with E-state index in [0.29, 0.717) is 27.8 Å². The summed E-state index contributed by atoms with van der Waals surface area (Å²) in [6.45, 7) is 0. The summed E-state index contributed by atoms with van der Waals surface area (Å²) < 4.78 is 4.99. The van der Waals surface area contributed by atoms with Crippen LogP contribution in [0, 0.1) is 0 Å². The van der Waals surface area contributed by atoms with Crippen LogP contribution in [-0.4, -0.2) is 13.0 Å². The van der Waals surface area contributed by atoms with Crippen LogP contribution in [-0.2, 0) is 6.32 Å². The maximum absolute atomic E-state index is 5.89. The lowest BCUT2D eigenvalue weighted by Crippen LogP contribution is -1.78. The lowest BCUT2D eigenvalue weighted by Gasteiger charge is -1.98. The Bertz CT molecular complexity index is 484. The number of hydrogen-bond donors (Lipinski definition) is 0. The van der Waals surface area contributed by atoms with Gasteiger partial charge in [0.2, 0.25) is 0 Å². The van der Waals surface area contributed by atoms with Crippen molar-refractivity contribution in [1.29, 1.82) is 0 Å². The standard InChI is InChI=1S/C10H6BCl2NO/c11-5-7-4-10(14-15-7)6-1-2-8(12)9(13)3-6/h1-4H,5H2. The minimum absolute atomic E-state index is 0.328. The summed E-state index contributed by atoms with van der Waals surface area (Å²) >= 11 is 11.7. The number of rotatable bonds is 2. The Balaban J connectivity index is 2.40. The topological polar surface area (TPSA) is 26.0 Å². The molecular formula is C10H6BCl2NO. The molecule has 0 fully saturated rings. The van der Waals surface area contributed by atoms with Gasteiger partial charge in [-0.25, -0.2) is 0 Å². The van der Waals surface area contributed by atoms with Gasteiger partial charge in [-0.1, -0.05) is 34.4 Å². The normalized spacial score (nSPS) is 10.5. The molecule has 0 saturated heterocycles. The van der Waals surface area contributed by atoms with Crippen molar-refractivity contribution in [2.45, 2.75) is 6.32 Å². The molecule has 2 aromatic rings. The van der Waals surface area contributed by atoms with Crippen molar-refractivity contribution < 1.29 is 4.52 Å². The van der Waals surface area contributed by atoms with Crippen LogP contribution in [0.1, 0.15) is 5.76 Å². The second-order valence-electron chi connectivity index (χ2n) is 3.01. The molecule has 0 aliphatic rings. The van der Waals surface area contributed by atoms with Gasteiger partial charge in [0.05, 0.1) is 17.9 Å². The van der Waals surface area contributed by atoms with E-state index in [2.05, 4.69) is 5.16 Å². The Hall–Kier alpha value is -0.925. The van der Waals surface area contributed by atoms with Crippen LogP contribution in [0.4, 0.5) is 0 Å². The van der Waals surface area contributed by atoms with E-state index in [4.69, 9.17) is 35.6 Å². The maximum atomic E-state index is 5.89. The maximum Gasteiger partial charge on any atom is 0.128 e. The largest absolute Gasteiger partial charge is 0.362 e. The SMILES string of the molecule is [B]Cc1cc(-c2ccc(Cl)c(Cl)c2)no1. The minimum atomic E-state index is 0.328. The summed E-state index contributed by atoms with van der Waals surface area (Å²) in [4.78, 5) is 0. The van der Waals surface area contributed by atoms with Gasteiger partial charge in [0.25, 0.3) is 0 Å². The third kappa shape index (κ3) is 2.19. The van der Waals surface area contributed by atoms with Crippen LogP contribution in [0.5, 0.6) is 0 Å². The smallest absolute Gasteiger partial charge is 0.128 e. The van der Waals surface area contributed by atoms with Gasteiger partial charge in [-0.05, 0) is 18.5 Å². The first-order chi connectivity index (χ1) is 7.20. The Kier molecular flexibility index (Phi) is 3.03. The van der Waals surface area contributed by atoms with Gasteiger partial charge in [0, 0.05) is 11.6 Å². The molecule has 1 aromatic carbocycles. The van der Waals surface area contributed by atoms with Crippen LogP contribution < -0.4 is 0 Å². The lowest BCUT2D eigenvalue weighted by molar-refractivity contribution is 0.396. The van der Waals surface area contributed by atoms with Gasteiger partial charge < -0.3 is 4.52 Å². The summed E-state index contributed by atoms with van der Waals surface area (Å²) in [5.41, 5.74) is 1.56. The molecule has 2 radical (unpaired) electrons. The Labute approximate surface area is 98.6 Å². The van der Waals surface area contributed by atoms with Crippen LogP contribution in [0.25, 0.3) is 11.3 Å². The first kappa shape index (κ1) is 10.6. The highest BCUT2D eigenvalue weighted by Gasteiger charge is 2.06. The molecule has 1 heterocycles. The van der Waals surface area contributed by atoms with E-state index in [1.807, 2.05) is 6.07 Å². The quantitative estimate of drug-likeness (QED) is 0.750. The van der Waals surface area contributed by atoms with E-state index in [-0.39, 0.29) is 0 Å². The Morgan fingerprint density at radius 2 is 2.00 bits per heavy atom. The molecule has 2 nitrogen and oxygen atoms in total. The molecule has 0 atom stereocenters. The molecule has 0 aliphatic heterocycles. The highest BCUT2D eigenvalue weighted by molar-refractivity contribution is 6.42. The molecule has 0 N–H and O–H groups in total. The zero-order chi connectivity index (χ0) is 10.8. The zero-order valence-electron chi connectivity index (χ0n) is 7.71. The molecule has 74 valence electrons. The second kappa shape index (κ2) is 4.29.